The van der Waals surface area contributed by atoms with Crippen molar-refractivity contribution in [2.45, 2.75) is 39.5 Å². The molecule has 0 N–H and O–H groups in total. The third kappa shape index (κ3) is 4.25. The third-order valence-electron chi connectivity index (χ3n) is 2.33. The highest BCUT2D eigenvalue weighted by atomic mass is 79.9. The second kappa shape index (κ2) is 6.16. The maximum Gasteiger partial charge on any atom is 0.120 e. The van der Waals surface area contributed by atoms with Crippen LogP contribution in [0.15, 0.2) is 22.7 Å². The minimum Gasteiger partial charge on any atom is -0.494 e. The van der Waals surface area contributed by atoms with Crippen molar-refractivity contribution >= 4 is 15.9 Å². The second-order valence-electron chi connectivity index (χ2n) is 4.08. The van der Waals surface area contributed by atoms with E-state index in [-0.39, 0.29) is 0 Å². The number of hydrogen-bond acceptors (Lipinski definition) is 1. The molecule has 0 aliphatic heterocycles. The SMILES string of the molecule is CCCCOc1cc(Br)cc(C(C)C)c1. The standard InChI is InChI=1S/C13H19BrO/c1-4-5-6-15-13-8-11(10(2)3)7-12(14)9-13/h7-10H,4-6H2,1-3H3. The van der Waals surface area contributed by atoms with Crippen LogP contribution in [-0.2, 0) is 0 Å². The molecule has 0 saturated heterocycles. The number of hydrogen-bond donors (Lipinski definition) is 0. The Morgan fingerprint density at radius 3 is 2.60 bits per heavy atom. The van der Waals surface area contributed by atoms with Crippen molar-refractivity contribution < 1.29 is 4.74 Å². The van der Waals surface area contributed by atoms with Crippen LogP contribution >= 0.6 is 15.9 Å². The summed E-state index contributed by atoms with van der Waals surface area (Å²) in [4.78, 5) is 0. The molecule has 84 valence electrons. The van der Waals surface area contributed by atoms with Gasteiger partial charge >= 0.3 is 0 Å². The largest absolute Gasteiger partial charge is 0.494 e. The predicted molar refractivity (Wildman–Crippen MR) is 68.6 cm³/mol. The average Bonchev–Trinajstić information content (AvgIpc) is 2.17. The number of halogens is 1. The lowest BCUT2D eigenvalue weighted by Gasteiger charge is -2.10. The quantitative estimate of drug-likeness (QED) is 0.702. The van der Waals surface area contributed by atoms with Gasteiger partial charge in [0.1, 0.15) is 5.75 Å². The van der Waals surface area contributed by atoms with E-state index in [4.69, 9.17) is 4.74 Å². The average molecular weight is 271 g/mol. The Balaban J connectivity index is 2.71. The zero-order valence-corrected chi connectivity index (χ0v) is 11.3. The minimum absolute atomic E-state index is 0.538. The molecule has 1 nitrogen and oxygen atoms in total. The predicted octanol–water partition coefficient (Wildman–Crippen LogP) is 4.75. The molecule has 0 bridgehead atoms. The van der Waals surface area contributed by atoms with Crippen LogP contribution in [0.2, 0.25) is 0 Å². The van der Waals surface area contributed by atoms with E-state index in [2.05, 4.69) is 48.8 Å². The smallest absolute Gasteiger partial charge is 0.120 e. The first kappa shape index (κ1) is 12.6. The Bertz CT molecular complexity index is 307. The zero-order chi connectivity index (χ0) is 11.3. The van der Waals surface area contributed by atoms with Crippen molar-refractivity contribution in [1.29, 1.82) is 0 Å². The maximum atomic E-state index is 5.69. The molecular weight excluding hydrogens is 252 g/mol. The highest BCUT2D eigenvalue weighted by Crippen LogP contribution is 2.26. The molecule has 0 unspecified atom stereocenters. The van der Waals surface area contributed by atoms with Gasteiger partial charge in [0.15, 0.2) is 0 Å². The van der Waals surface area contributed by atoms with Crippen molar-refractivity contribution in [2.24, 2.45) is 0 Å². The van der Waals surface area contributed by atoms with Crippen LogP contribution < -0.4 is 4.74 Å². The highest BCUT2D eigenvalue weighted by Gasteiger charge is 2.03. The van der Waals surface area contributed by atoms with Gasteiger partial charge in [-0.2, -0.15) is 0 Å². The Kier molecular flexibility index (Phi) is 5.16. The van der Waals surface area contributed by atoms with Crippen LogP contribution in [0.25, 0.3) is 0 Å². The molecule has 0 heterocycles. The molecule has 15 heavy (non-hydrogen) atoms. The van der Waals surface area contributed by atoms with Crippen LogP contribution in [0.1, 0.15) is 45.1 Å². The van der Waals surface area contributed by atoms with Crippen LogP contribution in [0.4, 0.5) is 0 Å². The van der Waals surface area contributed by atoms with E-state index >= 15 is 0 Å². The van der Waals surface area contributed by atoms with Crippen molar-refractivity contribution in [1.82, 2.24) is 0 Å². The van der Waals surface area contributed by atoms with Crippen LogP contribution in [0.3, 0.4) is 0 Å². The minimum atomic E-state index is 0.538. The van der Waals surface area contributed by atoms with E-state index in [1.54, 1.807) is 0 Å². The van der Waals surface area contributed by atoms with E-state index in [9.17, 15) is 0 Å². The molecule has 0 saturated carbocycles. The van der Waals surface area contributed by atoms with E-state index in [0.29, 0.717) is 5.92 Å². The van der Waals surface area contributed by atoms with E-state index < -0.39 is 0 Å². The Morgan fingerprint density at radius 1 is 1.27 bits per heavy atom. The summed E-state index contributed by atoms with van der Waals surface area (Å²) in [5, 5.41) is 0. The summed E-state index contributed by atoms with van der Waals surface area (Å²) in [6.07, 6.45) is 2.29. The first-order chi connectivity index (χ1) is 7.13. The third-order valence-corrected chi connectivity index (χ3v) is 2.78. The molecule has 0 atom stereocenters. The van der Waals surface area contributed by atoms with Gasteiger partial charge in [0.05, 0.1) is 6.61 Å². The molecule has 1 rings (SSSR count). The first-order valence-electron chi connectivity index (χ1n) is 5.56. The lowest BCUT2D eigenvalue weighted by Crippen LogP contribution is -1.97. The zero-order valence-electron chi connectivity index (χ0n) is 9.72. The van der Waals surface area contributed by atoms with Gasteiger partial charge in [0.2, 0.25) is 0 Å². The molecule has 1 aromatic carbocycles. The molecule has 1 aromatic rings. The molecule has 2 heteroatoms. The number of ether oxygens (including phenoxy) is 1. The summed E-state index contributed by atoms with van der Waals surface area (Å²) in [7, 11) is 0. The van der Waals surface area contributed by atoms with E-state index in [1.807, 2.05) is 6.07 Å². The Labute approximate surface area is 101 Å². The van der Waals surface area contributed by atoms with Crippen LogP contribution in [0, 0.1) is 0 Å². The monoisotopic (exact) mass is 270 g/mol. The number of benzene rings is 1. The molecule has 0 spiro atoms. The molecule has 0 aliphatic carbocycles. The van der Waals surface area contributed by atoms with Gasteiger partial charge in [0.25, 0.3) is 0 Å². The van der Waals surface area contributed by atoms with Crippen molar-refractivity contribution in [2.75, 3.05) is 6.61 Å². The number of rotatable bonds is 5. The van der Waals surface area contributed by atoms with Gasteiger partial charge in [-0.15, -0.1) is 0 Å². The fourth-order valence-corrected chi connectivity index (χ4v) is 1.83. The Hall–Kier alpha value is -0.500. The molecule has 0 aromatic heterocycles. The fourth-order valence-electron chi connectivity index (χ4n) is 1.34. The van der Waals surface area contributed by atoms with Crippen molar-refractivity contribution in [3.63, 3.8) is 0 Å². The maximum absolute atomic E-state index is 5.69. The van der Waals surface area contributed by atoms with Crippen molar-refractivity contribution in [3.05, 3.63) is 28.2 Å². The summed E-state index contributed by atoms with van der Waals surface area (Å²) in [5.41, 5.74) is 1.32. The second-order valence-corrected chi connectivity index (χ2v) is 4.99. The van der Waals surface area contributed by atoms with E-state index in [1.165, 1.54) is 12.0 Å². The molecule has 0 aliphatic rings. The lowest BCUT2D eigenvalue weighted by atomic mass is 10.0. The summed E-state index contributed by atoms with van der Waals surface area (Å²) < 4.78 is 6.79. The first-order valence-corrected chi connectivity index (χ1v) is 6.36. The van der Waals surface area contributed by atoms with Gasteiger partial charge in [-0.3, -0.25) is 0 Å². The normalized spacial score (nSPS) is 10.7. The molecular formula is C13H19BrO. The molecule has 0 fully saturated rings. The van der Waals surface area contributed by atoms with Crippen LogP contribution in [-0.4, -0.2) is 6.61 Å². The highest BCUT2D eigenvalue weighted by molar-refractivity contribution is 9.10. The van der Waals surface area contributed by atoms with Gasteiger partial charge in [-0.1, -0.05) is 43.1 Å². The summed E-state index contributed by atoms with van der Waals surface area (Å²) >= 11 is 3.51. The van der Waals surface area contributed by atoms with Crippen LogP contribution in [0.5, 0.6) is 5.75 Å². The fraction of sp³-hybridized carbons (Fsp3) is 0.538. The Morgan fingerprint density at radius 2 is 2.00 bits per heavy atom. The lowest BCUT2D eigenvalue weighted by molar-refractivity contribution is 0.309. The summed E-state index contributed by atoms with van der Waals surface area (Å²) in [6, 6.07) is 6.31. The molecule has 0 amide bonds. The van der Waals surface area contributed by atoms with Gasteiger partial charge in [-0.25, -0.2) is 0 Å². The van der Waals surface area contributed by atoms with Gasteiger partial charge in [-0.05, 0) is 36.1 Å². The topological polar surface area (TPSA) is 9.23 Å². The number of unbranched alkanes of at least 4 members (excludes halogenated alkanes) is 1. The van der Waals surface area contributed by atoms with Gasteiger partial charge < -0.3 is 4.74 Å². The molecule has 0 radical (unpaired) electrons. The summed E-state index contributed by atoms with van der Waals surface area (Å²) in [5.74, 6) is 1.51. The van der Waals surface area contributed by atoms with E-state index in [0.717, 1.165) is 23.2 Å². The van der Waals surface area contributed by atoms with Gasteiger partial charge in [0, 0.05) is 4.47 Å². The summed E-state index contributed by atoms with van der Waals surface area (Å²) in [6.45, 7) is 7.36. The van der Waals surface area contributed by atoms with Crippen molar-refractivity contribution in [3.8, 4) is 5.75 Å².